The van der Waals surface area contributed by atoms with Gasteiger partial charge in [0.15, 0.2) is 5.84 Å². The van der Waals surface area contributed by atoms with Gasteiger partial charge in [0.2, 0.25) is 10.0 Å². The molecule has 90 valence electrons. The Bertz CT molecular complexity index is 311. The third kappa shape index (κ3) is 4.98. The molecular weight excluding hydrogens is 218 g/mol. The average molecular weight is 237 g/mol. The number of rotatable bonds is 6. The minimum Gasteiger partial charge on any atom is -0.409 e. The lowest BCUT2D eigenvalue weighted by Crippen LogP contribution is -2.40. The zero-order valence-corrected chi connectivity index (χ0v) is 10.2. The van der Waals surface area contributed by atoms with Crippen LogP contribution in [0.4, 0.5) is 0 Å². The molecule has 0 saturated heterocycles. The molecule has 0 spiro atoms. The van der Waals surface area contributed by atoms with E-state index in [-0.39, 0.29) is 24.1 Å². The minimum absolute atomic E-state index is 0.0522. The topological polar surface area (TPSA) is 96.0 Å². The maximum Gasteiger partial charge on any atom is 0.214 e. The predicted octanol–water partition coefficient (Wildman–Crippen LogP) is 0.0405. The summed E-state index contributed by atoms with van der Waals surface area (Å²) in [5.74, 6) is 0.0139. The van der Waals surface area contributed by atoms with Crippen molar-refractivity contribution in [1.82, 2.24) is 4.31 Å². The van der Waals surface area contributed by atoms with E-state index in [1.807, 2.05) is 13.8 Å². The molecule has 0 aliphatic heterocycles. The van der Waals surface area contributed by atoms with Gasteiger partial charge in [-0.05, 0) is 5.92 Å². The Labute approximate surface area is 90.8 Å². The normalized spacial score (nSPS) is 13.8. The molecule has 3 N–H and O–H groups in total. The number of hydrogen-bond acceptors (Lipinski definition) is 4. The van der Waals surface area contributed by atoms with E-state index in [9.17, 15) is 8.42 Å². The average Bonchev–Trinajstić information content (AvgIpc) is 2.11. The van der Waals surface area contributed by atoms with Crippen molar-refractivity contribution < 1.29 is 13.6 Å². The van der Waals surface area contributed by atoms with Gasteiger partial charge in [0.1, 0.15) is 0 Å². The molecule has 0 atom stereocenters. The highest BCUT2D eigenvalue weighted by atomic mass is 32.2. The van der Waals surface area contributed by atoms with E-state index in [2.05, 4.69) is 5.16 Å². The van der Waals surface area contributed by atoms with Crippen molar-refractivity contribution in [3.05, 3.63) is 0 Å². The molecule has 0 aliphatic carbocycles. The third-order valence-electron chi connectivity index (χ3n) is 1.76. The molecule has 0 aliphatic rings. The number of nitrogens with two attached hydrogens (primary N) is 1. The van der Waals surface area contributed by atoms with E-state index in [1.54, 1.807) is 6.92 Å². The van der Waals surface area contributed by atoms with E-state index in [0.717, 1.165) is 0 Å². The lowest BCUT2D eigenvalue weighted by molar-refractivity contribution is 0.315. The first-order valence-electron chi connectivity index (χ1n) is 4.77. The quantitative estimate of drug-likeness (QED) is 0.295. The highest BCUT2D eigenvalue weighted by Crippen LogP contribution is 2.06. The second-order valence-corrected chi connectivity index (χ2v) is 5.70. The molecule has 7 heteroatoms. The Balaban J connectivity index is 4.66. The van der Waals surface area contributed by atoms with Crippen LogP contribution in [0.5, 0.6) is 0 Å². The van der Waals surface area contributed by atoms with Gasteiger partial charge in [-0.25, -0.2) is 8.42 Å². The first kappa shape index (κ1) is 14.2. The molecule has 0 saturated carbocycles. The molecule has 0 aromatic rings. The van der Waals surface area contributed by atoms with Crippen molar-refractivity contribution in [3.8, 4) is 0 Å². The first-order valence-corrected chi connectivity index (χ1v) is 6.38. The molecule has 0 aromatic heterocycles. The second kappa shape index (κ2) is 5.92. The summed E-state index contributed by atoms with van der Waals surface area (Å²) in [7, 11) is -3.32. The second-order valence-electron chi connectivity index (χ2n) is 3.69. The predicted molar refractivity (Wildman–Crippen MR) is 59.3 cm³/mol. The number of likely N-dealkylation sites (N-methyl/N-ethyl adjacent to an activating group) is 1. The summed E-state index contributed by atoms with van der Waals surface area (Å²) >= 11 is 0. The minimum atomic E-state index is -3.32. The molecular formula is C8H19N3O3S. The summed E-state index contributed by atoms with van der Waals surface area (Å²) in [6.07, 6.45) is 0. The number of sulfonamides is 1. The van der Waals surface area contributed by atoms with E-state index < -0.39 is 10.0 Å². The van der Waals surface area contributed by atoms with Crippen LogP contribution in [0.3, 0.4) is 0 Å². The molecule has 0 fully saturated rings. The Morgan fingerprint density at radius 2 is 2.07 bits per heavy atom. The van der Waals surface area contributed by atoms with Gasteiger partial charge in [-0.3, -0.25) is 0 Å². The highest BCUT2D eigenvalue weighted by Gasteiger charge is 2.22. The van der Waals surface area contributed by atoms with Gasteiger partial charge >= 0.3 is 0 Å². The van der Waals surface area contributed by atoms with Crippen molar-refractivity contribution >= 4 is 15.9 Å². The van der Waals surface area contributed by atoms with Crippen molar-refractivity contribution in [2.45, 2.75) is 20.8 Å². The van der Waals surface area contributed by atoms with Crippen LogP contribution in [-0.2, 0) is 10.0 Å². The lowest BCUT2D eigenvalue weighted by Gasteiger charge is -2.20. The highest BCUT2D eigenvalue weighted by molar-refractivity contribution is 7.89. The molecule has 0 heterocycles. The number of hydrogen-bond donors (Lipinski definition) is 2. The Morgan fingerprint density at radius 1 is 1.53 bits per heavy atom. The van der Waals surface area contributed by atoms with Gasteiger partial charge in [0, 0.05) is 6.54 Å². The monoisotopic (exact) mass is 237 g/mol. The van der Waals surface area contributed by atoms with Crippen molar-refractivity contribution in [3.63, 3.8) is 0 Å². The smallest absolute Gasteiger partial charge is 0.214 e. The third-order valence-corrected chi connectivity index (χ3v) is 4.02. The Kier molecular flexibility index (Phi) is 5.59. The summed E-state index contributed by atoms with van der Waals surface area (Å²) in [6, 6.07) is 0. The van der Waals surface area contributed by atoms with Crippen LogP contribution in [0.15, 0.2) is 5.16 Å². The van der Waals surface area contributed by atoms with E-state index in [4.69, 9.17) is 10.9 Å². The van der Waals surface area contributed by atoms with Crippen LogP contribution in [0, 0.1) is 5.92 Å². The fraction of sp³-hybridized carbons (Fsp3) is 0.875. The van der Waals surface area contributed by atoms with Crippen LogP contribution in [-0.4, -0.2) is 42.6 Å². The van der Waals surface area contributed by atoms with Crippen molar-refractivity contribution in [1.29, 1.82) is 0 Å². The van der Waals surface area contributed by atoms with Gasteiger partial charge < -0.3 is 10.9 Å². The van der Waals surface area contributed by atoms with Gasteiger partial charge in [-0.1, -0.05) is 25.9 Å². The largest absolute Gasteiger partial charge is 0.409 e. The maximum absolute atomic E-state index is 11.8. The van der Waals surface area contributed by atoms with E-state index >= 15 is 0 Å². The molecule has 15 heavy (non-hydrogen) atoms. The SMILES string of the molecule is CCN(CC(N)=NO)S(=O)(=O)CC(C)C. The molecule has 0 bridgehead atoms. The number of nitrogens with zero attached hydrogens (tertiary/aromatic N) is 2. The van der Waals surface area contributed by atoms with Gasteiger partial charge in [-0.2, -0.15) is 4.31 Å². The van der Waals surface area contributed by atoms with Gasteiger partial charge in [0.25, 0.3) is 0 Å². The summed E-state index contributed by atoms with van der Waals surface area (Å²) < 4.78 is 24.7. The fourth-order valence-corrected chi connectivity index (χ4v) is 2.92. The van der Waals surface area contributed by atoms with Crippen molar-refractivity contribution in [2.75, 3.05) is 18.8 Å². The van der Waals surface area contributed by atoms with Crippen LogP contribution >= 0.6 is 0 Å². The Hall–Kier alpha value is -0.820. The van der Waals surface area contributed by atoms with E-state index in [1.165, 1.54) is 4.31 Å². The summed E-state index contributed by atoms with van der Waals surface area (Å²) in [4.78, 5) is 0. The summed E-state index contributed by atoms with van der Waals surface area (Å²) in [5, 5.41) is 11.1. The Morgan fingerprint density at radius 3 is 2.40 bits per heavy atom. The zero-order chi connectivity index (χ0) is 12.1. The van der Waals surface area contributed by atoms with Crippen LogP contribution in [0.1, 0.15) is 20.8 Å². The maximum atomic E-state index is 11.8. The van der Waals surface area contributed by atoms with Crippen molar-refractivity contribution in [2.24, 2.45) is 16.8 Å². The molecule has 6 nitrogen and oxygen atoms in total. The van der Waals surface area contributed by atoms with Gasteiger partial charge in [-0.15, -0.1) is 0 Å². The molecule has 0 rings (SSSR count). The standard InChI is InChI=1S/C8H19N3O3S/c1-4-11(5-8(9)10-12)15(13,14)6-7(2)3/h7,12H,4-6H2,1-3H3,(H2,9,10). The van der Waals surface area contributed by atoms with Crippen LogP contribution in [0.25, 0.3) is 0 Å². The number of oxime groups is 1. The first-order chi connectivity index (χ1) is 6.83. The molecule has 0 amide bonds. The molecule has 0 aromatic carbocycles. The summed E-state index contributed by atoms with van der Waals surface area (Å²) in [5.41, 5.74) is 5.27. The van der Waals surface area contributed by atoms with Gasteiger partial charge in [0.05, 0.1) is 12.3 Å². The lowest BCUT2D eigenvalue weighted by atomic mass is 10.3. The zero-order valence-electron chi connectivity index (χ0n) is 9.34. The van der Waals surface area contributed by atoms with Crippen LogP contribution in [0.2, 0.25) is 0 Å². The molecule has 0 unspecified atom stereocenters. The molecule has 0 radical (unpaired) electrons. The number of amidine groups is 1. The fourth-order valence-electron chi connectivity index (χ4n) is 1.15. The summed E-state index contributed by atoms with van der Waals surface area (Å²) in [6.45, 7) is 5.61. The van der Waals surface area contributed by atoms with Crippen LogP contribution < -0.4 is 5.73 Å². The van der Waals surface area contributed by atoms with E-state index in [0.29, 0.717) is 6.54 Å².